The number of nitrogen functional groups attached to an aromatic ring is 1. The molecular weight excluding hydrogens is 308 g/mol. The summed E-state index contributed by atoms with van der Waals surface area (Å²) >= 11 is 3.36. The van der Waals surface area contributed by atoms with Crippen LogP contribution in [0.2, 0.25) is 0 Å². The lowest BCUT2D eigenvalue weighted by Gasteiger charge is -2.09. The third-order valence-corrected chi connectivity index (χ3v) is 3.44. The van der Waals surface area contributed by atoms with E-state index in [4.69, 9.17) is 5.73 Å². The fourth-order valence-electron chi connectivity index (χ4n) is 1.84. The molecule has 0 radical (unpaired) electrons. The second kappa shape index (κ2) is 5.05. The molecule has 1 aromatic carbocycles. The van der Waals surface area contributed by atoms with Crippen molar-refractivity contribution in [3.8, 4) is 0 Å². The van der Waals surface area contributed by atoms with E-state index in [1.807, 2.05) is 19.1 Å². The van der Waals surface area contributed by atoms with Gasteiger partial charge in [0.1, 0.15) is 0 Å². The molecule has 0 saturated heterocycles. The monoisotopic (exact) mass is 322 g/mol. The maximum Gasteiger partial charge on any atom is 0.257 e. The van der Waals surface area contributed by atoms with Gasteiger partial charge in [-0.1, -0.05) is 22.0 Å². The van der Waals surface area contributed by atoms with E-state index >= 15 is 0 Å². The Labute approximate surface area is 119 Å². The van der Waals surface area contributed by atoms with E-state index < -0.39 is 0 Å². The number of hydrogen-bond donors (Lipinski definition) is 2. The minimum absolute atomic E-state index is 0.200. The molecule has 0 atom stereocenters. The van der Waals surface area contributed by atoms with Crippen LogP contribution in [0.3, 0.4) is 0 Å². The van der Waals surface area contributed by atoms with Crippen LogP contribution in [0, 0.1) is 13.8 Å². The summed E-state index contributed by atoms with van der Waals surface area (Å²) in [6.07, 6.45) is 0. The zero-order valence-electron chi connectivity index (χ0n) is 11.0. The van der Waals surface area contributed by atoms with Gasteiger partial charge in [0.05, 0.1) is 11.4 Å². The van der Waals surface area contributed by atoms with Crippen molar-refractivity contribution in [1.29, 1.82) is 0 Å². The average Bonchev–Trinajstić information content (AvgIpc) is 2.59. The van der Waals surface area contributed by atoms with Gasteiger partial charge < -0.3 is 11.1 Å². The SMILES string of the molecule is Cc1ccc(Br)cc1C(=O)Nc1c(N)c(C)nn1C. The quantitative estimate of drug-likeness (QED) is 0.892. The Balaban J connectivity index is 2.33. The summed E-state index contributed by atoms with van der Waals surface area (Å²) in [5, 5.41) is 6.96. The normalized spacial score (nSPS) is 10.5. The Morgan fingerprint density at radius 3 is 2.68 bits per heavy atom. The van der Waals surface area contributed by atoms with Crippen LogP contribution >= 0.6 is 15.9 Å². The van der Waals surface area contributed by atoms with E-state index in [1.165, 1.54) is 0 Å². The summed E-state index contributed by atoms with van der Waals surface area (Å²) in [6, 6.07) is 5.57. The van der Waals surface area contributed by atoms with E-state index in [9.17, 15) is 4.79 Å². The number of carbonyl (C=O) groups excluding carboxylic acids is 1. The minimum atomic E-state index is -0.200. The molecule has 1 heterocycles. The Bertz CT molecular complexity index is 648. The fraction of sp³-hybridized carbons (Fsp3) is 0.231. The molecule has 1 amide bonds. The third kappa shape index (κ3) is 2.63. The number of nitrogens with zero attached hydrogens (tertiary/aromatic N) is 2. The number of rotatable bonds is 2. The average molecular weight is 323 g/mol. The molecule has 0 fully saturated rings. The number of halogens is 1. The van der Waals surface area contributed by atoms with E-state index in [0.29, 0.717) is 22.8 Å². The van der Waals surface area contributed by atoms with Gasteiger partial charge >= 0.3 is 0 Å². The number of aromatic nitrogens is 2. The van der Waals surface area contributed by atoms with Crippen LogP contribution < -0.4 is 11.1 Å². The van der Waals surface area contributed by atoms with Crippen molar-refractivity contribution in [3.05, 3.63) is 39.5 Å². The number of nitrogens with two attached hydrogens (primary N) is 1. The highest BCUT2D eigenvalue weighted by Crippen LogP contribution is 2.23. The van der Waals surface area contributed by atoms with Gasteiger partial charge in [-0.25, -0.2) is 0 Å². The predicted molar refractivity (Wildman–Crippen MR) is 79.2 cm³/mol. The number of aryl methyl sites for hydroxylation is 3. The van der Waals surface area contributed by atoms with Crippen LogP contribution in [0.15, 0.2) is 22.7 Å². The summed E-state index contributed by atoms with van der Waals surface area (Å²) in [5.41, 5.74) is 8.58. The zero-order chi connectivity index (χ0) is 14.2. The third-order valence-electron chi connectivity index (χ3n) is 2.94. The molecule has 1 aromatic heterocycles. The first kappa shape index (κ1) is 13.6. The van der Waals surface area contributed by atoms with Gasteiger partial charge in [0.25, 0.3) is 5.91 Å². The molecule has 2 rings (SSSR count). The lowest BCUT2D eigenvalue weighted by molar-refractivity contribution is 0.102. The van der Waals surface area contributed by atoms with Crippen LogP contribution in [-0.2, 0) is 7.05 Å². The van der Waals surface area contributed by atoms with Crippen LogP contribution in [0.5, 0.6) is 0 Å². The molecular formula is C13H15BrN4O. The van der Waals surface area contributed by atoms with Crippen molar-refractivity contribution >= 4 is 33.3 Å². The van der Waals surface area contributed by atoms with Gasteiger partial charge in [0.15, 0.2) is 5.82 Å². The van der Waals surface area contributed by atoms with Gasteiger partial charge in [-0.2, -0.15) is 5.10 Å². The second-order valence-electron chi connectivity index (χ2n) is 4.38. The first-order valence-corrected chi connectivity index (χ1v) is 6.56. The molecule has 0 aliphatic heterocycles. The molecule has 0 spiro atoms. The highest BCUT2D eigenvalue weighted by Gasteiger charge is 2.15. The molecule has 0 aliphatic carbocycles. The van der Waals surface area contributed by atoms with Gasteiger partial charge in [-0.05, 0) is 31.5 Å². The molecule has 0 bridgehead atoms. The maximum absolute atomic E-state index is 12.3. The number of carbonyl (C=O) groups is 1. The van der Waals surface area contributed by atoms with E-state index in [1.54, 1.807) is 24.7 Å². The summed E-state index contributed by atoms with van der Waals surface area (Å²) in [7, 11) is 1.74. The van der Waals surface area contributed by atoms with Crippen LogP contribution in [-0.4, -0.2) is 15.7 Å². The summed E-state index contributed by atoms with van der Waals surface area (Å²) in [6.45, 7) is 3.69. The molecule has 5 nitrogen and oxygen atoms in total. The van der Waals surface area contributed by atoms with Gasteiger partial charge in [0.2, 0.25) is 0 Å². The largest absolute Gasteiger partial charge is 0.394 e. The Morgan fingerprint density at radius 2 is 2.11 bits per heavy atom. The first-order chi connectivity index (χ1) is 8.90. The predicted octanol–water partition coefficient (Wildman–Crippen LogP) is 2.63. The lowest BCUT2D eigenvalue weighted by atomic mass is 10.1. The van der Waals surface area contributed by atoms with E-state index in [2.05, 4.69) is 26.3 Å². The number of anilines is 2. The van der Waals surface area contributed by atoms with Crippen molar-refractivity contribution in [1.82, 2.24) is 9.78 Å². The topological polar surface area (TPSA) is 72.9 Å². The van der Waals surface area contributed by atoms with Gasteiger partial charge in [-0.15, -0.1) is 0 Å². The molecule has 100 valence electrons. The molecule has 6 heteroatoms. The van der Waals surface area contributed by atoms with E-state index in [-0.39, 0.29) is 5.91 Å². The van der Waals surface area contributed by atoms with Gasteiger partial charge in [0, 0.05) is 17.1 Å². The standard InChI is InChI=1S/C13H15BrN4O/c1-7-4-5-9(14)6-10(7)13(19)16-12-11(15)8(2)17-18(12)3/h4-6H,15H2,1-3H3,(H,16,19). The fourth-order valence-corrected chi connectivity index (χ4v) is 2.20. The highest BCUT2D eigenvalue weighted by atomic mass is 79.9. The molecule has 3 N–H and O–H groups in total. The van der Waals surface area contributed by atoms with Crippen LogP contribution in [0.4, 0.5) is 11.5 Å². The van der Waals surface area contributed by atoms with Crippen LogP contribution in [0.25, 0.3) is 0 Å². The lowest BCUT2D eigenvalue weighted by Crippen LogP contribution is -2.16. The number of benzene rings is 1. The second-order valence-corrected chi connectivity index (χ2v) is 5.30. The summed E-state index contributed by atoms with van der Waals surface area (Å²) < 4.78 is 2.42. The molecule has 0 unspecified atom stereocenters. The van der Waals surface area contributed by atoms with Crippen molar-refractivity contribution < 1.29 is 4.79 Å². The summed E-state index contributed by atoms with van der Waals surface area (Å²) in [4.78, 5) is 12.3. The van der Waals surface area contributed by atoms with Crippen molar-refractivity contribution in [2.45, 2.75) is 13.8 Å². The molecule has 2 aromatic rings. The Morgan fingerprint density at radius 1 is 1.42 bits per heavy atom. The molecule has 0 saturated carbocycles. The molecule has 19 heavy (non-hydrogen) atoms. The first-order valence-electron chi connectivity index (χ1n) is 5.76. The van der Waals surface area contributed by atoms with E-state index in [0.717, 1.165) is 10.0 Å². The van der Waals surface area contributed by atoms with Crippen LogP contribution in [0.1, 0.15) is 21.6 Å². The Hall–Kier alpha value is -1.82. The minimum Gasteiger partial charge on any atom is -0.394 e. The van der Waals surface area contributed by atoms with Gasteiger partial charge in [-0.3, -0.25) is 9.48 Å². The number of amides is 1. The van der Waals surface area contributed by atoms with Crippen molar-refractivity contribution in [2.24, 2.45) is 7.05 Å². The number of nitrogens with one attached hydrogen (secondary N) is 1. The maximum atomic E-state index is 12.3. The number of hydrogen-bond acceptors (Lipinski definition) is 3. The Kier molecular flexibility index (Phi) is 3.61. The smallest absolute Gasteiger partial charge is 0.257 e. The zero-order valence-corrected chi connectivity index (χ0v) is 12.6. The molecule has 0 aliphatic rings. The van der Waals surface area contributed by atoms with Crippen molar-refractivity contribution in [2.75, 3.05) is 11.1 Å². The highest BCUT2D eigenvalue weighted by molar-refractivity contribution is 9.10. The van der Waals surface area contributed by atoms with Crippen molar-refractivity contribution in [3.63, 3.8) is 0 Å². The summed E-state index contributed by atoms with van der Waals surface area (Å²) in [5.74, 6) is 0.315.